The lowest BCUT2D eigenvalue weighted by Crippen LogP contribution is -2.29. The maximum atomic E-state index is 5.87. The van der Waals surface area contributed by atoms with E-state index >= 15 is 0 Å². The Bertz CT molecular complexity index is 170. The smallest absolute Gasteiger partial charge is 0.0619 e. The fourth-order valence-electron chi connectivity index (χ4n) is 2.22. The molecule has 1 N–H and O–H groups in total. The van der Waals surface area contributed by atoms with E-state index < -0.39 is 0 Å². The minimum absolute atomic E-state index is 0.451. The van der Waals surface area contributed by atoms with Crippen LogP contribution in [0.3, 0.4) is 0 Å². The SMILES string of the molecule is CCCNC(CC)CCCOC1CCOCC1. The van der Waals surface area contributed by atoms with Crippen molar-refractivity contribution in [3.8, 4) is 0 Å². The molecule has 0 spiro atoms. The second kappa shape index (κ2) is 9.86. The summed E-state index contributed by atoms with van der Waals surface area (Å²) in [7, 11) is 0. The maximum Gasteiger partial charge on any atom is 0.0619 e. The van der Waals surface area contributed by atoms with Gasteiger partial charge in [-0.05, 0) is 45.1 Å². The van der Waals surface area contributed by atoms with E-state index in [0.717, 1.165) is 39.2 Å². The van der Waals surface area contributed by atoms with Crippen molar-refractivity contribution >= 4 is 0 Å². The van der Waals surface area contributed by atoms with Crippen LogP contribution >= 0.6 is 0 Å². The summed E-state index contributed by atoms with van der Waals surface area (Å²) in [6, 6.07) is 0.674. The molecule has 0 aliphatic carbocycles. The van der Waals surface area contributed by atoms with Crippen molar-refractivity contribution < 1.29 is 9.47 Å². The number of hydrogen-bond acceptors (Lipinski definition) is 3. The Morgan fingerprint density at radius 1 is 1.29 bits per heavy atom. The third-order valence-corrected chi connectivity index (χ3v) is 3.39. The van der Waals surface area contributed by atoms with Crippen molar-refractivity contribution in [3.05, 3.63) is 0 Å². The molecular weight excluding hydrogens is 214 g/mol. The highest BCUT2D eigenvalue weighted by atomic mass is 16.5. The molecule has 1 atom stereocenters. The summed E-state index contributed by atoms with van der Waals surface area (Å²) >= 11 is 0. The molecule has 0 saturated carbocycles. The van der Waals surface area contributed by atoms with Gasteiger partial charge in [0.25, 0.3) is 0 Å². The Kier molecular flexibility index (Phi) is 8.67. The predicted octanol–water partition coefficient (Wildman–Crippen LogP) is 2.74. The topological polar surface area (TPSA) is 30.5 Å². The fourth-order valence-corrected chi connectivity index (χ4v) is 2.22. The second-order valence-electron chi connectivity index (χ2n) is 4.88. The van der Waals surface area contributed by atoms with Gasteiger partial charge in [-0.15, -0.1) is 0 Å². The maximum absolute atomic E-state index is 5.87. The molecule has 0 radical (unpaired) electrons. The zero-order chi connectivity index (χ0) is 12.3. The third kappa shape index (κ3) is 7.02. The van der Waals surface area contributed by atoms with Crippen molar-refractivity contribution in [1.82, 2.24) is 5.32 Å². The highest BCUT2D eigenvalue weighted by Crippen LogP contribution is 2.11. The van der Waals surface area contributed by atoms with Gasteiger partial charge in [0.2, 0.25) is 0 Å². The van der Waals surface area contributed by atoms with E-state index in [1.54, 1.807) is 0 Å². The molecule has 1 heterocycles. The molecule has 0 aromatic carbocycles. The predicted molar refractivity (Wildman–Crippen MR) is 71.4 cm³/mol. The Hall–Kier alpha value is -0.120. The number of hydrogen-bond donors (Lipinski definition) is 1. The van der Waals surface area contributed by atoms with Crippen molar-refractivity contribution in [1.29, 1.82) is 0 Å². The second-order valence-corrected chi connectivity index (χ2v) is 4.88. The average molecular weight is 243 g/mol. The van der Waals surface area contributed by atoms with Gasteiger partial charge in [-0.3, -0.25) is 0 Å². The van der Waals surface area contributed by atoms with E-state index in [-0.39, 0.29) is 0 Å². The summed E-state index contributed by atoms with van der Waals surface area (Å²) in [4.78, 5) is 0. The first-order chi connectivity index (χ1) is 8.36. The van der Waals surface area contributed by atoms with E-state index in [9.17, 15) is 0 Å². The number of nitrogens with one attached hydrogen (secondary N) is 1. The highest BCUT2D eigenvalue weighted by molar-refractivity contribution is 4.66. The van der Waals surface area contributed by atoms with Gasteiger partial charge in [-0.2, -0.15) is 0 Å². The van der Waals surface area contributed by atoms with Crippen molar-refractivity contribution in [2.75, 3.05) is 26.4 Å². The van der Waals surface area contributed by atoms with Crippen LogP contribution in [0.15, 0.2) is 0 Å². The van der Waals surface area contributed by atoms with Crippen LogP contribution in [0, 0.1) is 0 Å². The lowest BCUT2D eigenvalue weighted by atomic mass is 10.1. The Balaban J connectivity index is 1.97. The minimum Gasteiger partial charge on any atom is -0.381 e. The van der Waals surface area contributed by atoms with Gasteiger partial charge in [0.05, 0.1) is 6.10 Å². The van der Waals surface area contributed by atoms with Gasteiger partial charge in [-0.25, -0.2) is 0 Å². The summed E-state index contributed by atoms with van der Waals surface area (Å²) in [6.45, 7) is 8.27. The number of ether oxygens (including phenoxy) is 2. The summed E-state index contributed by atoms with van der Waals surface area (Å²) in [5.74, 6) is 0. The Morgan fingerprint density at radius 3 is 2.71 bits per heavy atom. The Morgan fingerprint density at radius 2 is 2.06 bits per heavy atom. The number of rotatable bonds is 9. The van der Waals surface area contributed by atoms with Crippen LogP contribution in [0.4, 0.5) is 0 Å². The molecule has 0 bridgehead atoms. The zero-order valence-corrected chi connectivity index (χ0v) is 11.5. The standard InChI is InChI=1S/C14H29NO2/c1-3-9-15-13(4-2)6-5-10-17-14-7-11-16-12-8-14/h13-15H,3-12H2,1-2H3. The third-order valence-electron chi connectivity index (χ3n) is 3.39. The molecule has 0 amide bonds. The van der Waals surface area contributed by atoms with E-state index in [1.807, 2.05) is 0 Å². The van der Waals surface area contributed by atoms with Gasteiger partial charge in [-0.1, -0.05) is 13.8 Å². The van der Waals surface area contributed by atoms with Crippen LogP contribution in [0.5, 0.6) is 0 Å². The van der Waals surface area contributed by atoms with Crippen LogP contribution in [-0.4, -0.2) is 38.5 Å². The van der Waals surface area contributed by atoms with E-state index in [4.69, 9.17) is 9.47 Å². The molecule has 1 fully saturated rings. The van der Waals surface area contributed by atoms with Gasteiger partial charge in [0.15, 0.2) is 0 Å². The molecular formula is C14H29NO2. The van der Waals surface area contributed by atoms with Gasteiger partial charge >= 0.3 is 0 Å². The molecule has 1 aliphatic heterocycles. The van der Waals surface area contributed by atoms with Crippen LogP contribution in [-0.2, 0) is 9.47 Å². The largest absolute Gasteiger partial charge is 0.381 e. The minimum atomic E-state index is 0.451. The summed E-state index contributed by atoms with van der Waals surface area (Å²) in [5.41, 5.74) is 0. The molecule has 102 valence electrons. The van der Waals surface area contributed by atoms with E-state index in [2.05, 4.69) is 19.2 Å². The summed E-state index contributed by atoms with van der Waals surface area (Å²) < 4.78 is 11.2. The molecule has 1 aliphatic rings. The van der Waals surface area contributed by atoms with E-state index in [1.165, 1.54) is 25.7 Å². The van der Waals surface area contributed by atoms with Gasteiger partial charge in [0.1, 0.15) is 0 Å². The molecule has 0 aromatic heterocycles. The molecule has 17 heavy (non-hydrogen) atoms. The molecule has 3 nitrogen and oxygen atoms in total. The van der Waals surface area contributed by atoms with E-state index in [0.29, 0.717) is 12.1 Å². The quantitative estimate of drug-likeness (QED) is 0.632. The first-order valence-electron chi connectivity index (χ1n) is 7.29. The molecule has 3 heteroatoms. The lowest BCUT2D eigenvalue weighted by Gasteiger charge is -2.23. The molecule has 1 saturated heterocycles. The summed E-state index contributed by atoms with van der Waals surface area (Å²) in [5, 5.41) is 3.58. The van der Waals surface area contributed by atoms with Crippen molar-refractivity contribution in [2.45, 2.75) is 64.5 Å². The van der Waals surface area contributed by atoms with Gasteiger partial charge < -0.3 is 14.8 Å². The first kappa shape index (κ1) is 14.9. The average Bonchev–Trinajstić information content (AvgIpc) is 2.39. The van der Waals surface area contributed by atoms with Crippen LogP contribution in [0.1, 0.15) is 52.4 Å². The van der Waals surface area contributed by atoms with Crippen LogP contribution in [0.2, 0.25) is 0 Å². The normalized spacial score (nSPS) is 19.4. The highest BCUT2D eigenvalue weighted by Gasteiger charge is 2.13. The first-order valence-corrected chi connectivity index (χ1v) is 7.29. The molecule has 0 aromatic rings. The van der Waals surface area contributed by atoms with Crippen LogP contribution < -0.4 is 5.32 Å². The monoisotopic (exact) mass is 243 g/mol. The van der Waals surface area contributed by atoms with Crippen molar-refractivity contribution in [2.24, 2.45) is 0 Å². The summed E-state index contributed by atoms with van der Waals surface area (Å²) in [6.07, 6.45) is 7.45. The zero-order valence-electron chi connectivity index (χ0n) is 11.5. The fraction of sp³-hybridized carbons (Fsp3) is 1.00. The van der Waals surface area contributed by atoms with Crippen molar-refractivity contribution in [3.63, 3.8) is 0 Å². The Labute approximate surface area is 106 Å². The van der Waals surface area contributed by atoms with Gasteiger partial charge in [0, 0.05) is 25.9 Å². The lowest BCUT2D eigenvalue weighted by molar-refractivity contribution is -0.0330. The molecule has 1 unspecified atom stereocenters. The molecule has 1 rings (SSSR count). The van der Waals surface area contributed by atoms with Crippen LogP contribution in [0.25, 0.3) is 0 Å².